The van der Waals surface area contributed by atoms with E-state index in [0.717, 1.165) is 5.56 Å². The lowest BCUT2D eigenvalue weighted by atomic mass is 9.84. The smallest absolute Gasteiger partial charge is 0.271 e. The van der Waals surface area contributed by atoms with Gasteiger partial charge in [0.05, 0.1) is 13.7 Å². The summed E-state index contributed by atoms with van der Waals surface area (Å²) in [6.45, 7) is 7.63. The van der Waals surface area contributed by atoms with Crippen LogP contribution in [0.1, 0.15) is 52.7 Å². The third kappa shape index (κ3) is 5.68. The number of amides is 1. The Labute approximate surface area is 215 Å². The molecule has 0 radical (unpaired) electrons. The highest BCUT2D eigenvalue weighted by atomic mass is 35.5. The van der Waals surface area contributed by atoms with Crippen LogP contribution >= 0.6 is 12.4 Å². The SMILES string of the molecule is CN=c1n(CC(=O)c2cc(OCCO)c(OC)c(C(C)(C)C)c2)nc2c(C)cc(C(=O)NC)nn12.Cl. The molecule has 0 saturated carbocycles. The van der Waals surface area contributed by atoms with Crippen LogP contribution in [0, 0.1) is 6.92 Å². The minimum atomic E-state index is -0.337. The van der Waals surface area contributed by atoms with Crippen LogP contribution in [0.15, 0.2) is 23.2 Å². The largest absolute Gasteiger partial charge is 0.493 e. The van der Waals surface area contributed by atoms with Crippen molar-refractivity contribution < 1.29 is 24.2 Å². The quantitative estimate of drug-likeness (QED) is 0.432. The summed E-state index contributed by atoms with van der Waals surface area (Å²) in [7, 11) is 4.64. The third-order valence-corrected chi connectivity index (χ3v) is 5.44. The van der Waals surface area contributed by atoms with E-state index in [-0.39, 0.29) is 55.0 Å². The summed E-state index contributed by atoms with van der Waals surface area (Å²) in [4.78, 5) is 29.8. The molecule has 0 bridgehead atoms. The van der Waals surface area contributed by atoms with Gasteiger partial charge in [-0.25, -0.2) is 4.68 Å². The highest BCUT2D eigenvalue weighted by Gasteiger charge is 2.25. The van der Waals surface area contributed by atoms with Crippen LogP contribution in [0.2, 0.25) is 0 Å². The Morgan fingerprint density at radius 3 is 2.44 bits per heavy atom. The maximum Gasteiger partial charge on any atom is 0.271 e. The van der Waals surface area contributed by atoms with Crippen LogP contribution in [0.25, 0.3) is 5.65 Å². The summed E-state index contributed by atoms with van der Waals surface area (Å²) in [6, 6.07) is 5.04. The van der Waals surface area contributed by atoms with Gasteiger partial charge < -0.3 is 19.9 Å². The van der Waals surface area contributed by atoms with Gasteiger partial charge in [-0.3, -0.25) is 14.6 Å². The molecule has 0 unspecified atom stereocenters. The van der Waals surface area contributed by atoms with Gasteiger partial charge in [0.25, 0.3) is 5.91 Å². The fourth-order valence-corrected chi connectivity index (χ4v) is 3.73. The van der Waals surface area contributed by atoms with Crippen molar-refractivity contribution >= 4 is 29.7 Å². The van der Waals surface area contributed by atoms with Crippen molar-refractivity contribution in [3.05, 3.63) is 46.2 Å². The lowest BCUT2D eigenvalue weighted by Crippen LogP contribution is -2.29. The average molecular weight is 521 g/mol. The Morgan fingerprint density at radius 2 is 1.89 bits per heavy atom. The van der Waals surface area contributed by atoms with Gasteiger partial charge in [0.15, 0.2) is 22.9 Å². The first-order valence-corrected chi connectivity index (χ1v) is 11.2. The van der Waals surface area contributed by atoms with E-state index in [0.29, 0.717) is 33.9 Å². The highest BCUT2D eigenvalue weighted by Crippen LogP contribution is 2.39. The molecule has 0 saturated heterocycles. The molecular weight excluding hydrogens is 488 g/mol. The first-order chi connectivity index (χ1) is 16.5. The van der Waals surface area contributed by atoms with Crippen molar-refractivity contribution in [3.63, 3.8) is 0 Å². The van der Waals surface area contributed by atoms with E-state index in [9.17, 15) is 14.7 Å². The van der Waals surface area contributed by atoms with Crippen LogP contribution in [0.5, 0.6) is 11.5 Å². The number of nitrogens with one attached hydrogen (secondary N) is 1. The van der Waals surface area contributed by atoms with E-state index in [1.165, 1.54) is 16.2 Å². The molecule has 0 aliphatic carbocycles. The molecule has 0 spiro atoms. The number of hydrogen-bond acceptors (Lipinski definition) is 8. The van der Waals surface area contributed by atoms with Crippen LogP contribution < -0.4 is 20.4 Å². The number of Topliss-reactive ketones (excluding diaryl/α,β-unsaturated/α-hetero) is 1. The van der Waals surface area contributed by atoms with E-state index in [4.69, 9.17) is 9.47 Å². The molecule has 36 heavy (non-hydrogen) atoms. The number of benzene rings is 1. The molecule has 3 aromatic rings. The predicted molar refractivity (Wildman–Crippen MR) is 136 cm³/mol. The number of aromatic nitrogens is 4. The molecule has 3 rings (SSSR count). The number of nitrogens with zero attached hydrogens (tertiary/aromatic N) is 5. The zero-order valence-corrected chi connectivity index (χ0v) is 22.4. The van der Waals surface area contributed by atoms with Crippen molar-refractivity contribution in [2.45, 2.75) is 39.7 Å². The maximum absolute atomic E-state index is 13.4. The van der Waals surface area contributed by atoms with Crippen molar-refractivity contribution in [2.24, 2.45) is 4.99 Å². The number of aliphatic hydroxyl groups excluding tert-OH is 1. The molecule has 0 aliphatic heterocycles. The van der Waals surface area contributed by atoms with Crippen LogP contribution in [0.3, 0.4) is 0 Å². The molecule has 0 atom stereocenters. The van der Waals surface area contributed by atoms with Gasteiger partial charge in [-0.1, -0.05) is 20.8 Å². The normalized spacial score (nSPS) is 11.8. The molecule has 0 aliphatic rings. The number of methoxy groups -OCH3 is 1. The number of carbonyl (C=O) groups is 2. The molecule has 1 aromatic carbocycles. The standard InChI is InChI=1S/C24H32N6O5.ClH/c1-14-10-17(22(33)25-5)27-30-21(14)28-29(23(30)26-6)13-18(32)15-11-16(24(2,3)4)20(34-7)19(12-15)35-9-8-31;/h10-12,31H,8-9,13H2,1-7H3,(H,25,33);1H. The molecule has 2 N–H and O–H groups in total. The molecule has 1 amide bonds. The number of aliphatic hydroxyl groups is 1. The van der Waals surface area contributed by atoms with Crippen molar-refractivity contribution in [1.29, 1.82) is 0 Å². The first-order valence-electron chi connectivity index (χ1n) is 11.2. The van der Waals surface area contributed by atoms with E-state index >= 15 is 0 Å². The van der Waals surface area contributed by atoms with Gasteiger partial charge in [-0.05, 0) is 36.1 Å². The molecular formula is C24H33ClN6O5. The Hall–Kier alpha value is -3.44. The third-order valence-electron chi connectivity index (χ3n) is 5.44. The van der Waals surface area contributed by atoms with Crippen molar-refractivity contribution in [2.75, 3.05) is 34.4 Å². The Morgan fingerprint density at radius 1 is 1.19 bits per heavy atom. The number of carbonyl (C=O) groups excluding carboxylic acids is 2. The summed E-state index contributed by atoms with van der Waals surface area (Å²) in [5, 5.41) is 20.7. The van der Waals surface area contributed by atoms with Gasteiger partial charge in [0.1, 0.15) is 18.8 Å². The molecule has 2 aromatic heterocycles. The number of ether oxygens (including phenoxy) is 2. The molecule has 2 heterocycles. The van der Waals surface area contributed by atoms with Crippen molar-refractivity contribution in [3.8, 4) is 11.5 Å². The zero-order chi connectivity index (χ0) is 25.9. The first kappa shape index (κ1) is 28.8. The minimum absolute atomic E-state index is 0. The highest BCUT2D eigenvalue weighted by molar-refractivity contribution is 5.97. The lowest BCUT2D eigenvalue weighted by molar-refractivity contribution is 0.0950. The number of rotatable bonds is 8. The molecule has 0 fully saturated rings. The summed E-state index contributed by atoms with van der Waals surface area (Å²) >= 11 is 0. The summed E-state index contributed by atoms with van der Waals surface area (Å²) in [5.74, 6) is 0.338. The van der Waals surface area contributed by atoms with E-state index in [1.807, 2.05) is 27.7 Å². The van der Waals surface area contributed by atoms with Crippen molar-refractivity contribution in [1.82, 2.24) is 24.7 Å². The van der Waals surface area contributed by atoms with Gasteiger partial charge in [-0.2, -0.15) is 9.61 Å². The van der Waals surface area contributed by atoms with Gasteiger partial charge >= 0.3 is 0 Å². The second-order valence-corrected chi connectivity index (χ2v) is 9.01. The summed E-state index contributed by atoms with van der Waals surface area (Å²) < 4.78 is 14.2. The van der Waals surface area contributed by atoms with Gasteiger partial charge in [0.2, 0.25) is 5.62 Å². The van der Waals surface area contributed by atoms with Crippen LogP contribution in [0.4, 0.5) is 0 Å². The topological polar surface area (TPSA) is 132 Å². The van der Waals surface area contributed by atoms with E-state index < -0.39 is 0 Å². The van der Waals surface area contributed by atoms with E-state index in [1.54, 1.807) is 32.4 Å². The minimum Gasteiger partial charge on any atom is -0.493 e. The number of ketones is 1. The Bertz CT molecular complexity index is 1340. The predicted octanol–water partition coefficient (Wildman–Crippen LogP) is 1.71. The lowest BCUT2D eigenvalue weighted by Gasteiger charge is -2.25. The second kappa shape index (κ2) is 11.5. The Kier molecular flexibility index (Phi) is 9.22. The fraction of sp³-hybridized carbons (Fsp3) is 0.458. The summed E-state index contributed by atoms with van der Waals surface area (Å²) in [5.41, 5.74) is 2.61. The number of halogens is 1. The molecule has 196 valence electrons. The average Bonchev–Trinajstić information content (AvgIpc) is 3.18. The van der Waals surface area contributed by atoms with Crippen LogP contribution in [-0.4, -0.2) is 70.6 Å². The molecule has 12 heteroatoms. The number of hydrogen-bond donors (Lipinski definition) is 2. The molecule has 11 nitrogen and oxygen atoms in total. The van der Waals surface area contributed by atoms with Gasteiger partial charge in [0, 0.05) is 25.2 Å². The fourth-order valence-electron chi connectivity index (χ4n) is 3.73. The Balaban J connectivity index is 0.00000456. The van der Waals surface area contributed by atoms with Crippen LogP contribution in [-0.2, 0) is 12.0 Å². The second-order valence-electron chi connectivity index (χ2n) is 9.01. The zero-order valence-electron chi connectivity index (χ0n) is 21.6. The summed E-state index contributed by atoms with van der Waals surface area (Å²) in [6.07, 6.45) is 0. The monoisotopic (exact) mass is 520 g/mol. The number of aryl methyl sites for hydroxylation is 1. The van der Waals surface area contributed by atoms with E-state index in [2.05, 4.69) is 20.5 Å². The number of fused-ring (bicyclic) bond motifs is 1. The van der Waals surface area contributed by atoms with Gasteiger partial charge in [-0.15, -0.1) is 17.5 Å². The maximum atomic E-state index is 13.4.